The largest absolute Gasteiger partial charge is 0.349 e. The molecule has 2 nitrogen and oxygen atoms in total. The summed E-state index contributed by atoms with van der Waals surface area (Å²) in [6, 6.07) is 9.54. The maximum absolute atomic E-state index is 11.0. The third-order valence-corrected chi connectivity index (χ3v) is 2.01. The van der Waals surface area contributed by atoms with Crippen molar-refractivity contribution < 1.29 is 6.17 Å². The Bertz CT molecular complexity index is 312. The Morgan fingerprint density at radius 1 is 1.42 bits per heavy atom. The molecule has 0 aromatic heterocycles. The highest BCUT2D eigenvalue weighted by atomic mass is 16.1. The van der Waals surface area contributed by atoms with Gasteiger partial charge < -0.3 is 5.32 Å². The van der Waals surface area contributed by atoms with Crippen molar-refractivity contribution in [2.75, 3.05) is 0 Å². The highest BCUT2D eigenvalue weighted by molar-refractivity contribution is 5.78. The molecule has 2 unspecified atom stereocenters. The Labute approximate surface area is 73.0 Å². The highest BCUT2D eigenvalue weighted by Crippen LogP contribution is 2.22. The van der Waals surface area contributed by atoms with Crippen LogP contribution in [0, 0.1) is 0 Å². The standard InChI is InChI=1S/C10H11NO/c12-10-7-6-9(11-10)8-4-2-1-3-5-8/h1-5,9H,6-7H2,(H,11,12)/i6D. The average Bonchev–Trinajstić information content (AvgIpc) is 2.47. The zero-order chi connectivity index (χ0) is 9.26. The Kier molecular flexibility index (Phi) is 1.54. The van der Waals surface area contributed by atoms with Crippen LogP contribution < -0.4 is 5.32 Å². The summed E-state index contributed by atoms with van der Waals surface area (Å²) in [6.45, 7) is 0. The van der Waals surface area contributed by atoms with E-state index < -0.39 is 0 Å². The van der Waals surface area contributed by atoms with Gasteiger partial charge in [0.25, 0.3) is 0 Å². The Hall–Kier alpha value is -1.31. The number of benzene rings is 1. The molecule has 12 heavy (non-hydrogen) atoms. The van der Waals surface area contributed by atoms with E-state index in [0.717, 1.165) is 5.56 Å². The molecule has 62 valence electrons. The van der Waals surface area contributed by atoms with Crippen LogP contribution in [0.15, 0.2) is 30.3 Å². The number of rotatable bonds is 1. The molecule has 0 spiro atoms. The van der Waals surface area contributed by atoms with Gasteiger partial charge >= 0.3 is 0 Å². The van der Waals surface area contributed by atoms with E-state index >= 15 is 0 Å². The van der Waals surface area contributed by atoms with Crippen molar-refractivity contribution in [1.82, 2.24) is 5.32 Å². The minimum atomic E-state index is -0.338. The Morgan fingerprint density at radius 3 is 2.75 bits per heavy atom. The van der Waals surface area contributed by atoms with Crippen LogP contribution in [0.2, 0.25) is 0 Å². The molecule has 0 aliphatic carbocycles. The van der Waals surface area contributed by atoms with Gasteiger partial charge in [0, 0.05) is 7.79 Å². The predicted molar refractivity (Wildman–Crippen MR) is 46.6 cm³/mol. The van der Waals surface area contributed by atoms with Gasteiger partial charge in [0.15, 0.2) is 0 Å². The first-order valence-corrected chi connectivity index (χ1v) is 4.04. The first-order chi connectivity index (χ1) is 6.27. The maximum atomic E-state index is 11.0. The summed E-state index contributed by atoms with van der Waals surface area (Å²) < 4.78 is 7.67. The van der Waals surface area contributed by atoms with Crippen LogP contribution in [0.25, 0.3) is 0 Å². The number of hydrogen-bond donors (Lipinski definition) is 1. The van der Waals surface area contributed by atoms with Crippen molar-refractivity contribution in [2.45, 2.75) is 18.9 Å². The van der Waals surface area contributed by atoms with Crippen LogP contribution in [0.1, 0.15) is 25.8 Å². The third kappa shape index (κ3) is 1.33. The molecule has 1 aromatic rings. The lowest BCUT2D eigenvalue weighted by molar-refractivity contribution is -0.119. The molecule has 0 bridgehead atoms. The smallest absolute Gasteiger partial charge is 0.220 e. The molecule has 2 rings (SSSR count). The van der Waals surface area contributed by atoms with Crippen LogP contribution >= 0.6 is 0 Å². The second kappa shape index (κ2) is 2.97. The molecule has 0 saturated carbocycles. The van der Waals surface area contributed by atoms with E-state index in [1.54, 1.807) is 0 Å². The van der Waals surface area contributed by atoms with E-state index in [-0.39, 0.29) is 18.3 Å². The van der Waals surface area contributed by atoms with E-state index in [1.165, 1.54) is 0 Å². The fourth-order valence-electron chi connectivity index (χ4n) is 1.40. The van der Waals surface area contributed by atoms with Gasteiger partial charge in [-0.15, -0.1) is 0 Å². The lowest BCUT2D eigenvalue weighted by atomic mass is 10.1. The summed E-state index contributed by atoms with van der Waals surface area (Å²) in [7, 11) is 0. The van der Waals surface area contributed by atoms with Gasteiger partial charge in [-0.2, -0.15) is 0 Å². The molecule has 1 saturated heterocycles. The van der Waals surface area contributed by atoms with Gasteiger partial charge in [-0.3, -0.25) is 4.79 Å². The van der Waals surface area contributed by atoms with Crippen molar-refractivity contribution in [1.29, 1.82) is 0 Å². The molecule has 2 heteroatoms. The summed E-state index contributed by atoms with van der Waals surface area (Å²) in [4.78, 5) is 11.0. The maximum Gasteiger partial charge on any atom is 0.220 e. The molecule has 1 N–H and O–H groups in total. The second-order valence-electron chi connectivity index (χ2n) is 2.90. The van der Waals surface area contributed by atoms with Crippen molar-refractivity contribution in [3.63, 3.8) is 0 Å². The SMILES string of the molecule is [2H]C1CC(=O)NC1c1ccccc1. The van der Waals surface area contributed by atoms with Crippen LogP contribution in [0.4, 0.5) is 0 Å². The monoisotopic (exact) mass is 162 g/mol. The molecular formula is C10H11NO. The summed E-state index contributed by atoms with van der Waals surface area (Å²) in [5.41, 5.74) is 1.02. The van der Waals surface area contributed by atoms with E-state index in [4.69, 9.17) is 1.37 Å². The first kappa shape index (κ1) is 6.23. The highest BCUT2D eigenvalue weighted by Gasteiger charge is 2.21. The number of nitrogens with one attached hydrogen (secondary N) is 1. The molecule has 1 aliphatic rings. The minimum Gasteiger partial charge on any atom is -0.349 e. The lowest BCUT2D eigenvalue weighted by Gasteiger charge is -2.08. The molecular weight excluding hydrogens is 150 g/mol. The number of hydrogen-bond acceptors (Lipinski definition) is 1. The van der Waals surface area contributed by atoms with E-state index in [0.29, 0.717) is 6.42 Å². The van der Waals surface area contributed by atoms with Crippen LogP contribution in [-0.4, -0.2) is 5.91 Å². The summed E-state index contributed by atoms with van der Waals surface area (Å²) in [5, 5.41) is 2.79. The van der Waals surface area contributed by atoms with Crippen LogP contribution in [0.5, 0.6) is 0 Å². The molecule has 2 atom stereocenters. The van der Waals surface area contributed by atoms with Crippen molar-refractivity contribution in [3.05, 3.63) is 35.9 Å². The first-order valence-electron chi connectivity index (χ1n) is 4.61. The van der Waals surface area contributed by atoms with Crippen LogP contribution in [0.3, 0.4) is 0 Å². The van der Waals surface area contributed by atoms with Gasteiger partial charge in [0.1, 0.15) is 0 Å². The molecule has 1 aromatic carbocycles. The normalized spacial score (nSPS) is 29.7. The molecule has 1 amide bonds. The quantitative estimate of drug-likeness (QED) is 0.668. The molecule has 1 fully saturated rings. The van der Waals surface area contributed by atoms with Gasteiger partial charge in [-0.1, -0.05) is 30.3 Å². The third-order valence-electron chi connectivity index (χ3n) is 2.01. The fraction of sp³-hybridized carbons (Fsp3) is 0.300. The van der Waals surface area contributed by atoms with Crippen molar-refractivity contribution >= 4 is 5.91 Å². The van der Waals surface area contributed by atoms with Gasteiger partial charge in [-0.05, 0) is 12.0 Å². The number of carbonyl (C=O) groups excluding carboxylic acids is 1. The Morgan fingerprint density at radius 2 is 2.17 bits per heavy atom. The summed E-state index contributed by atoms with van der Waals surface area (Å²) in [6.07, 6.45) is -0.0190. The second-order valence-corrected chi connectivity index (χ2v) is 2.90. The molecule has 1 heterocycles. The van der Waals surface area contributed by atoms with Gasteiger partial charge in [0.2, 0.25) is 5.91 Å². The minimum absolute atomic E-state index is 0.0196. The van der Waals surface area contributed by atoms with E-state index in [2.05, 4.69) is 5.32 Å². The van der Waals surface area contributed by atoms with E-state index in [9.17, 15) is 4.79 Å². The molecule has 1 aliphatic heterocycles. The average molecular weight is 162 g/mol. The Balaban J connectivity index is 2.23. The summed E-state index contributed by atoms with van der Waals surface area (Å²) >= 11 is 0. The number of carbonyl (C=O) groups is 1. The number of amides is 1. The fourth-order valence-corrected chi connectivity index (χ4v) is 1.40. The zero-order valence-electron chi connectivity index (χ0n) is 7.66. The van der Waals surface area contributed by atoms with Crippen molar-refractivity contribution in [3.8, 4) is 0 Å². The van der Waals surface area contributed by atoms with E-state index in [1.807, 2.05) is 30.3 Å². The van der Waals surface area contributed by atoms with Gasteiger partial charge in [0.05, 0.1) is 6.04 Å². The van der Waals surface area contributed by atoms with Crippen molar-refractivity contribution in [2.24, 2.45) is 0 Å². The van der Waals surface area contributed by atoms with Crippen LogP contribution in [-0.2, 0) is 4.79 Å². The topological polar surface area (TPSA) is 29.1 Å². The van der Waals surface area contributed by atoms with Gasteiger partial charge in [-0.25, -0.2) is 0 Å². The lowest BCUT2D eigenvalue weighted by Crippen LogP contribution is -2.17. The molecule has 0 radical (unpaired) electrons. The summed E-state index contributed by atoms with van der Waals surface area (Å²) in [5.74, 6) is -0.0196. The zero-order valence-corrected chi connectivity index (χ0v) is 6.66. The predicted octanol–water partition coefficient (Wildman–Crippen LogP) is 1.64.